The third-order valence-corrected chi connectivity index (χ3v) is 7.14. The highest BCUT2D eigenvalue weighted by molar-refractivity contribution is 5.77. The van der Waals surface area contributed by atoms with Gasteiger partial charge in [0.2, 0.25) is 5.91 Å². The molecule has 4 saturated carbocycles. The average Bonchev–Trinajstić information content (AvgIpc) is 2.58. The quantitative estimate of drug-likeness (QED) is 0.764. The zero-order valence-corrected chi connectivity index (χ0v) is 15.8. The second-order valence-electron chi connectivity index (χ2n) is 9.29. The van der Waals surface area contributed by atoms with Gasteiger partial charge in [0.25, 0.3) is 0 Å². The molecule has 0 aromatic rings. The van der Waals surface area contributed by atoms with Crippen LogP contribution in [0.4, 0.5) is 4.79 Å². The monoisotopic (exact) mass is 360 g/mol. The second kappa shape index (κ2) is 7.24. The molecule has 144 valence electrons. The molecule has 4 aliphatic carbocycles. The molecule has 5 fully saturated rings. The van der Waals surface area contributed by atoms with Crippen molar-refractivity contribution in [2.45, 2.75) is 63.8 Å². The number of ether oxygens (including phenoxy) is 1. The Morgan fingerprint density at radius 2 is 1.65 bits per heavy atom. The van der Waals surface area contributed by atoms with E-state index in [2.05, 4.69) is 11.9 Å². The van der Waals surface area contributed by atoms with Crippen LogP contribution in [0, 0.1) is 23.2 Å². The van der Waals surface area contributed by atoms with Crippen molar-refractivity contribution in [2.75, 3.05) is 19.7 Å². The average molecular weight is 360 g/mol. The topological polar surface area (TPSA) is 58.6 Å². The van der Waals surface area contributed by atoms with Crippen molar-refractivity contribution < 1.29 is 14.3 Å². The van der Waals surface area contributed by atoms with Crippen LogP contribution in [0.2, 0.25) is 0 Å². The molecule has 2 amide bonds. The second-order valence-corrected chi connectivity index (χ2v) is 9.29. The van der Waals surface area contributed by atoms with E-state index in [1.165, 1.54) is 38.5 Å². The van der Waals surface area contributed by atoms with Gasteiger partial charge in [0.05, 0.1) is 0 Å². The number of nitrogens with one attached hydrogen (secondary N) is 1. The number of nitrogens with zero attached hydrogens (tertiary/aromatic N) is 1. The van der Waals surface area contributed by atoms with Gasteiger partial charge in [-0.25, -0.2) is 4.79 Å². The Balaban J connectivity index is 1.24. The Kier molecular flexibility index (Phi) is 4.98. The van der Waals surface area contributed by atoms with Gasteiger partial charge in [-0.05, 0) is 74.5 Å². The number of hydrogen-bond donors (Lipinski definition) is 1. The molecule has 0 spiro atoms. The van der Waals surface area contributed by atoms with E-state index >= 15 is 0 Å². The first-order valence-corrected chi connectivity index (χ1v) is 10.4. The molecule has 0 aromatic carbocycles. The van der Waals surface area contributed by atoms with Gasteiger partial charge in [-0.1, -0.05) is 12.7 Å². The molecule has 26 heavy (non-hydrogen) atoms. The Morgan fingerprint density at radius 3 is 2.19 bits per heavy atom. The van der Waals surface area contributed by atoms with Gasteiger partial charge in [-0.3, -0.25) is 4.79 Å². The summed E-state index contributed by atoms with van der Waals surface area (Å²) < 4.78 is 5.09. The van der Waals surface area contributed by atoms with Crippen LogP contribution in [-0.2, 0) is 9.53 Å². The third-order valence-electron chi connectivity index (χ3n) is 7.14. The molecule has 1 heterocycles. The fraction of sp³-hybridized carbons (Fsp3) is 0.810. The molecule has 5 aliphatic rings. The van der Waals surface area contributed by atoms with Crippen molar-refractivity contribution in [3.8, 4) is 0 Å². The minimum Gasteiger partial charge on any atom is -0.445 e. The van der Waals surface area contributed by atoms with Gasteiger partial charge >= 0.3 is 6.09 Å². The van der Waals surface area contributed by atoms with Crippen molar-refractivity contribution in [2.24, 2.45) is 23.2 Å². The molecule has 0 radical (unpaired) electrons. The lowest BCUT2D eigenvalue weighted by Crippen LogP contribution is -2.50. The van der Waals surface area contributed by atoms with E-state index in [4.69, 9.17) is 4.74 Å². The van der Waals surface area contributed by atoms with Crippen molar-refractivity contribution in [1.82, 2.24) is 10.2 Å². The first-order chi connectivity index (χ1) is 12.5. The summed E-state index contributed by atoms with van der Waals surface area (Å²) in [6.45, 7) is 5.11. The molecular weight excluding hydrogens is 328 g/mol. The minimum atomic E-state index is -0.275. The summed E-state index contributed by atoms with van der Waals surface area (Å²) in [7, 11) is 0. The lowest BCUT2D eigenvalue weighted by molar-refractivity contribution is -0.130. The Labute approximate surface area is 156 Å². The number of carbonyl (C=O) groups is 2. The van der Waals surface area contributed by atoms with Gasteiger partial charge in [-0.2, -0.15) is 0 Å². The minimum absolute atomic E-state index is 0.194. The largest absolute Gasteiger partial charge is 0.445 e. The van der Waals surface area contributed by atoms with Crippen LogP contribution >= 0.6 is 0 Å². The SMILES string of the molecule is C=CCOC(=O)N1CCC(NC(=O)CC23CC4CC(CC(C4)C2)C3)CC1. The highest BCUT2D eigenvalue weighted by atomic mass is 16.6. The first-order valence-electron chi connectivity index (χ1n) is 10.4. The number of hydrogen-bond acceptors (Lipinski definition) is 3. The molecule has 1 aliphatic heterocycles. The van der Waals surface area contributed by atoms with E-state index in [9.17, 15) is 9.59 Å². The standard InChI is InChI=1S/C21H32N2O3/c1-2-7-26-20(25)23-5-3-18(4-6-23)22-19(24)14-21-11-15-8-16(12-21)10-17(9-15)13-21/h2,15-18H,1,3-14H2,(H,22,24). The van der Waals surface area contributed by atoms with Crippen molar-refractivity contribution in [1.29, 1.82) is 0 Å². The molecule has 0 unspecified atom stereocenters. The maximum atomic E-state index is 12.7. The Bertz CT molecular complexity index is 530. The molecule has 0 aromatic heterocycles. The zero-order chi connectivity index (χ0) is 18.1. The van der Waals surface area contributed by atoms with Crippen molar-refractivity contribution in [3.05, 3.63) is 12.7 Å². The Hall–Kier alpha value is -1.52. The number of likely N-dealkylation sites (tertiary alicyclic amines) is 1. The molecule has 0 atom stereocenters. The van der Waals surface area contributed by atoms with Crippen molar-refractivity contribution >= 4 is 12.0 Å². The van der Waals surface area contributed by atoms with Crippen LogP contribution < -0.4 is 5.32 Å². The third kappa shape index (κ3) is 3.77. The van der Waals surface area contributed by atoms with E-state index < -0.39 is 0 Å². The fourth-order valence-corrected chi connectivity index (χ4v) is 6.55. The predicted molar refractivity (Wildman–Crippen MR) is 99.5 cm³/mol. The van der Waals surface area contributed by atoms with Crippen molar-refractivity contribution in [3.63, 3.8) is 0 Å². The van der Waals surface area contributed by atoms with Gasteiger partial charge in [0.15, 0.2) is 0 Å². The lowest BCUT2D eigenvalue weighted by Gasteiger charge is -2.56. The van der Waals surface area contributed by atoms with Crippen LogP contribution in [0.25, 0.3) is 0 Å². The number of rotatable bonds is 5. The van der Waals surface area contributed by atoms with E-state index in [1.54, 1.807) is 11.0 Å². The highest BCUT2D eigenvalue weighted by Gasteiger charge is 2.51. The van der Waals surface area contributed by atoms with Gasteiger partial charge in [0, 0.05) is 25.6 Å². The van der Waals surface area contributed by atoms with Gasteiger partial charge < -0.3 is 15.0 Å². The van der Waals surface area contributed by atoms with E-state index in [0.717, 1.165) is 37.0 Å². The molecule has 5 nitrogen and oxygen atoms in total. The summed E-state index contributed by atoms with van der Waals surface area (Å²) in [5.41, 5.74) is 0.300. The zero-order valence-electron chi connectivity index (χ0n) is 15.8. The molecular formula is C21H32N2O3. The smallest absolute Gasteiger partial charge is 0.410 e. The summed E-state index contributed by atoms with van der Waals surface area (Å²) in [5.74, 6) is 2.90. The first kappa shape index (κ1) is 17.9. The highest BCUT2D eigenvalue weighted by Crippen LogP contribution is 2.61. The summed E-state index contributed by atoms with van der Waals surface area (Å²) in [5, 5.41) is 3.26. The number of carbonyl (C=O) groups excluding carboxylic acids is 2. The van der Waals surface area contributed by atoms with Crippen LogP contribution in [0.5, 0.6) is 0 Å². The number of amides is 2. The molecule has 5 rings (SSSR count). The summed E-state index contributed by atoms with van der Waals surface area (Å²) in [6.07, 6.45) is 11.7. The molecule has 1 saturated heterocycles. The molecule has 1 N–H and O–H groups in total. The van der Waals surface area contributed by atoms with Gasteiger partial charge in [-0.15, -0.1) is 0 Å². The maximum Gasteiger partial charge on any atom is 0.410 e. The van der Waals surface area contributed by atoms with E-state index in [-0.39, 0.29) is 24.6 Å². The summed E-state index contributed by atoms with van der Waals surface area (Å²) in [4.78, 5) is 26.3. The fourth-order valence-electron chi connectivity index (χ4n) is 6.55. The number of piperidine rings is 1. The van der Waals surface area contributed by atoms with Gasteiger partial charge in [0.1, 0.15) is 6.61 Å². The predicted octanol–water partition coefficient (Wildman–Crippen LogP) is 3.50. The van der Waals surface area contributed by atoms with E-state index in [1.807, 2.05) is 0 Å². The normalized spacial score (nSPS) is 36.0. The summed E-state index contributed by atoms with van der Waals surface area (Å²) >= 11 is 0. The summed E-state index contributed by atoms with van der Waals surface area (Å²) in [6, 6.07) is 0.194. The molecule has 5 heteroatoms. The molecule has 4 bridgehead atoms. The maximum absolute atomic E-state index is 12.7. The van der Waals surface area contributed by atoms with Crippen LogP contribution in [0.1, 0.15) is 57.8 Å². The van der Waals surface area contributed by atoms with Crippen LogP contribution in [0.3, 0.4) is 0 Å². The van der Waals surface area contributed by atoms with Crippen LogP contribution in [-0.4, -0.2) is 42.6 Å². The van der Waals surface area contributed by atoms with Crippen LogP contribution in [0.15, 0.2) is 12.7 Å². The lowest BCUT2D eigenvalue weighted by atomic mass is 9.49. The Morgan fingerprint density at radius 1 is 1.08 bits per heavy atom. The van der Waals surface area contributed by atoms with E-state index in [0.29, 0.717) is 18.5 Å².